The van der Waals surface area contributed by atoms with E-state index in [0.29, 0.717) is 0 Å². The van der Waals surface area contributed by atoms with Gasteiger partial charge >= 0.3 is 0 Å². The Balaban J connectivity index is 2.91. The maximum Gasteiger partial charge on any atom is 0.258 e. The van der Waals surface area contributed by atoms with E-state index in [4.69, 9.17) is 0 Å². The predicted molar refractivity (Wildman–Crippen MR) is 53.1 cm³/mol. The molecule has 6 heteroatoms. The number of rotatable bonds is 3. The standard InChI is InChI=1S/C9H8BrF4N/c1-4(9(13)14)15-8-3-6(11)5(10)2-7(8)12/h2-4,9,15H,1H3. The van der Waals surface area contributed by atoms with Gasteiger partial charge < -0.3 is 5.32 Å². The fourth-order valence-corrected chi connectivity index (χ4v) is 1.26. The molecule has 0 aliphatic heterocycles. The molecule has 0 heterocycles. The van der Waals surface area contributed by atoms with Gasteiger partial charge in [-0.15, -0.1) is 0 Å². The van der Waals surface area contributed by atoms with E-state index in [1.165, 1.54) is 6.92 Å². The van der Waals surface area contributed by atoms with Gasteiger partial charge in [0.25, 0.3) is 6.43 Å². The molecule has 1 unspecified atom stereocenters. The minimum absolute atomic E-state index is 0.0461. The molecule has 84 valence electrons. The number of halogens is 5. The van der Waals surface area contributed by atoms with Crippen LogP contribution in [0.5, 0.6) is 0 Å². The van der Waals surface area contributed by atoms with Crippen molar-refractivity contribution in [2.24, 2.45) is 0 Å². The highest BCUT2D eigenvalue weighted by Gasteiger charge is 2.17. The highest BCUT2D eigenvalue weighted by atomic mass is 79.9. The Kier molecular flexibility index (Phi) is 3.96. The molecule has 0 spiro atoms. The van der Waals surface area contributed by atoms with E-state index in [9.17, 15) is 17.6 Å². The lowest BCUT2D eigenvalue weighted by Crippen LogP contribution is -2.24. The van der Waals surface area contributed by atoms with Crippen LogP contribution in [0.2, 0.25) is 0 Å². The topological polar surface area (TPSA) is 12.0 Å². The molecule has 0 amide bonds. The van der Waals surface area contributed by atoms with Crippen molar-refractivity contribution in [3.8, 4) is 0 Å². The molecular weight excluding hydrogens is 278 g/mol. The van der Waals surface area contributed by atoms with Gasteiger partial charge in [0, 0.05) is 6.07 Å². The van der Waals surface area contributed by atoms with Crippen LogP contribution in [0.1, 0.15) is 6.92 Å². The second kappa shape index (κ2) is 4.83. The smallest absolute Gasteiger partial charge is 0.258 e. The Bertz CT molecular complexity index is 356. The lowest BCUT2D eigenvalue weighted by molar-refractivity contribution is 0.130. The molecule has 0 saturated heterocycles. The summed E-state index contributed by atoms with van der Waals surface area (Å²) in [6.07, 6.45) is -2.64. The Morgan fingerprint density at radius 3 is 2.33 bits per heavy atom. The van der Waals surface area contributed by atoms with Gasteiger partial charge in [-0.05, 0) is 28.9 Å². The summed E-state index contributed by atoms with van der Waals surface area (Å²) in [5.41, 5.74) is -0.275. The number of anilines is 1. The zero-order valence-corrected chi connectivity index (χ0v) is 9.29. The Morgan fingerprint density at radius 1 is 1.20 bits per heavy atom. The van der Waals surface area contributed by atoms with Crippen LogP contribution in [-0.2, 0) is 0 Å². The lowest BCUT2D eigenvalue weighted by Gasteiger charge is -2.14. The first-order valence-corrected chi connectivity index (χ1v) is 4.90. The summed E-state index contributed by atoms with van der Waals surface area (Å²) < 4.78 is 50.3. The second-order valence-electron chi connectivity index (χ2n) is 3.01. The quantitative estimate of drug-likeness (QED) is 0.658. The molecule has 0 bridgehead atoms. The van der Waals surface area contributed by atoms with Crippen molar-refractivity contribution >= 4 is 21.6 Å². The van der Waals surface area contributed by atoms with Crippen molar-refractivity contribution in [1.29, 1.82) is 0 Å². The van der Waals surface area contributed by atoms with Gasteiger partial charge in [-0.2, -0.15) is 0 Å². The number of benzene rings is 1. The Labute approximate surface area is 92.6 Å². The van der Waals surface area contributed by atoms with Crippen molar-refractivity contribution in [3.05, 3.63) is 28.2 Å². The third-order valence-corrected chi connectivity index (χ3v) is 2.38. The van der Waals surface area contributed by atoms with Gasteiger partial charge in [0.05, 0.1) is 16.2 Å². The monoisotopic (exact) mass is 285 g/mol. The van der Waals surface area contributed by atoms with Crippen molar-refractivity contribution in [2.45, 2.75) is 19.4 Å². The molecule has 1 nitrogen and oxygen atoms in total. The van der Waals surface area contributed by atoms with Crippen molar-refractivity contribution in [2.75, 3.05) is 5.32 Å². The lowest BCUT2D eigenvalue weighted by atomic mass is 10.2. The van der Waals surface area contributed by atoms with E-state index in [0.717, 1.165) is 12.1 Å². The first-order valence-electron chi connectivity index (χ1n) is 4.11. The molecule has 0 aromatic heterocycles. The molecule has 1 aromatic rings. The molecule has 0 aliphatic carbocycles. The summed E-state index contributed by atoms with van der Waals surface area (Å²) in [4.78, 5) is 0. The summed E-state index contributed by atoms with van der Waals surface area (Å²) in [6, 6.07) is 0.480. The van der Waals surface area contributed by atoms with E-state index in [-0.39, 0.29) is 10.2 Å². The number of alkyl halides is 2. The molecule has 1 rings (SSSR count). The highest BCUT2D eigenvalue weighted by molar-refractivity contribution is 9.10. The predicted octanol–water partition coefficient (Wildman–Crippen LogP) is 3.79. The molecular formula is C9H8BrF4N. The van der Waals surface area contributed by atoms with E-state index in [2.05, 4.69) is 21.2 Å². The summed E-state index contributed by atoms with van der Waals surface area (Å²) in [5.74, 6) is -1.49. The fourth-order valence-electron chi connectivity index (χ4n) is 0.941. The maximum absolute atomic E-state index is 13.2. The van der Waals surface area contributed by atoms with E-state index in [1.807, 2.05) is 0 Å². The van der Waals surface area contributed by atoms with Gasteiger partial charge in [0.1, 0.15) is 11.6 Å². The van der Waals surface area contributed by atoms with Crippen LogP contribution in [0, 0.1) is 11.6 Å². The third kappa shape index (κ3) is 3.09. The normalized spacial score (nSPS) is 13.0. The summed E-state index contributed by atoms with van der Waals surface area (Å²) in [5, 5.41) is 2.19. The average molecular weight is 286 g/mol. The molecule has 1 aromatic carbocycles. The Hall–Kier alpha value is -0.780. The van der Waals surface area contributed by atoms with Gasteiger partial charge in [0.2, 0.25) is 0 Å². The van der Waals surface area contributed by atoms with E-state index < -0.39 is 24.1 Å². The minimum atomic E-state index is -2.64. The molecule has 0 aliphatic rings. The van der Waals surface area contributed by atoms with Crippen molar-refractivity contribution in [3.63, 3.8) is 0 Å². The van der Waals surface area contributed by atoms with Crippen LogP contribution in [0.3, 0.4) is 0 Å². The molecule has 0 fully saturated rings. The summed E-state index contributed by atoms with van der Waals surface area (Å²) in [7, 11) is 0. The van der Waals surface area contributed by atoms with E-state index in [1.54, 1.807) is 0 Å². The summed E-state index contributed by atoms with van der Waals surface area (Å²) >= 11 is 2.78. The first kappa shape index (κ1) is 12.3. The van der Waals surface area contributed by atoms with Crippen LogP contribution in [0.15, 0.2) is 16.6 Å². The van der Waals surface area contributed by atoms with Crippen LogP contribution >= 0.6 is 15.9 Å². The Morgan fingerprint density at radius 2 is 1.80 bits per heavy atom. The SMILES string of the molecule is CC(Nc1cc(F)c(Br)cc1F)C(F)F. The molecule has 0 saturated carbocycles. The van der Waals surface area contributed by atoms with E-state index >= 15 is 0 Å². The maximum atomic E-state index is 13.2. The second-order valence-corrected chi connectivity index (χ2v) is 3.87. The first-order chi connectivity index (χ1) is 6.91. The van der Waals surface area contributed by atoms with Crippen LogP contribution in [0.4, 0.5) is 23.2 Å². The van der Waals surface area contributed by atoms with Crippen LogP contribution < -0.4 is 5.32 Å². The molecule has 1 N–H and O–H groups in total. The fraction of sp³-hybridized carbons (Fsp3) is 0.333. The number of hydrogen-bond acceptors (Lipinski definition) is 1. The minimum Gasteiger partial charge on any atom is -0.374 e. The average Bonchev–Trinajstić information content (AvgIpc) is 2.13. The van der Waals surface area contributed by atoms with Gasteiger partial charge in [-0.1, -0.05) is 0 Å². The van der Waals surface area contributed by atoms with Gasteiger partial charge in [-0.3, -0.25) is 0 Å². The summed E-state index contributed by atoms with van der Waals surface area (Å²) in [6.45, 7) is 1.18. The van der Waals surface area contributed by atoms with Gasteiger partial charge in [0.15, 0.2) is 0 Å². The molecule has 1 atom stereocenters. The number of nitrogens with one attached hydrogen (secondary N) is 1. The third-order valence-electron chi connectivity index (χ3n) is 1.77. The molecule has 15 heavy (non-hydrogen) atoms. The van der Waals surface area contributed by atoms with Crippen molar-refractivity contribution in [1.82, 2.24) is 0 Å². The number of hydrogen-bond donors (Lipinski definition) is 1. The van der Waals surface area contributed by atoms with Gasteiger partial charge in [-0.25, -0.2) is 17.6 Å². The van der Waals surface area contributed by atoms with Crippen LogP contribution in [-0.4, -0.2) is 12.5 Å². The highest BCUT2D eigenvalue weighted by Crippen LogP contribution is 2.24. The van der Waals surface area contributed by atoms with Crippen LogP contribution in [0.25, 0.3) is 0 Å². The zero-order chi connectivity index (χ0) is 11.6. The molecule has 0 radical (unpaired) electrons. The zero-order valence-electron chi connectivity index (χ0n) is 7.70. The van der Waals surface area contributed by atoms with Crippen molar-refractivity contribution < 1.29 is 17.6 Å². The largest absolute Gasteiger partial charge is 0.374 e.